The zero-order valence-corrected chi connectivity index (χ0v) is 10.7. The lowest BCUT2D eigenvalue weighted by Crippen LogP contribution is -2.23. The minimum atomic E-state index is -0.971. The lowest BCUT2D eigenvalue weighted by atomic mass is 10.1. The summed E-state index contributed by atoms with van der Waals surface area (Å²) in [6.45, 7) is 0.0928. The van der Waals surface area contributed by atoms with Crippen LogP contribution in [0.5, 0.6) is 0 Å². The predicted octanol–water partition coefficient (Wildman–Crippen LogP) is 2.80. The van der Waals surface area contributed by atoms with Crippen molar-refractivity contribution in [1.29, 1.82) is 0 Å². The van der Waals surface area contributed by atoms with Crippen molar-refractivity contribution in [3.63, 3.8) is 0 Å². The molecule has 0 radical (unpaired) electrons. The average Bonchev–Trinajstić information content (AvgIpc) is 2.46. The number of rotatable bonds is 4. The first kappa shape index (κ1) is 14.6. The highest BCUT2D eigenvalue weighted by molar-refractivity contribution is 5.94. The van der Waals surface area contributed by atoms with E-state index in [1.54, 1.807) is 0 Å². The number of benzene rings is 2. The quantitative estimate of drug-likeness (QED) is 0.695. The molecule has 0 atom stereocenters. The molecule has 0 fully saturated rings. The Balaban J connectivity index is 2.06. The van der Waals surface area contributed by atoms with Crippen LogP contribution in [-0.2, 0) is 6.54 Å². The maximum absolute atomic E-state index is 13.6. The van der Waals surface area contributed by atoms with E-state index in [2.05, 4.69) is 5.32 Å². The van der Waals surface area contributed by atoms with Gasteiger partial charge in [0.05, 0.1) is 16.6 Å². The minimum absolute atomic E-state index is 0.0928. The Kier molecular flexibility index (Phi) is 4.22. The normalized spacial score (nSPS) is 10.2. The highest BCUT2D eigenvalue weighted by Gasteiger charge is 2.15. The number of carbonyl (C=O) groups excluding carboxylic acids is 1. The number of non-ortho nitro benzene ring substituents is 1. The first-order valence-corrected chi connectivity index (χ1v) is 5.94. The van der Waals surface area contributed by atoms with E-state index >= 15 is 0 Å². The number of hydrogen-bond acceptors (Lipinski definition) is 3. The van der Waals surface area contributed by atoms with Crippen molar-refractivity contribution in [1.82, 2.24) is 5.32 Å². The Morgan fingerprint density at radius 1 is 1.14 bits per heavy atom. The Hall–Kier alpha value is -2.83. The number of carbonyl (C=O) groups is 1. The van der Waals surface area contributed by atoms with Gasteiger partial charge in [0, 0.05) is 12.6 Å². The number of nitrogens with one attached hydrogen (secondary N) is 1. The molecule has 7 heteroatoms. The van der Waals surface area contributed by atoms with Crippen LogP contribution in [0, 0.1) is 21.7 Å². The molecule has 0 unspecified atom stereocenters. The van der Waals surface area contributed by atoms with Crippen molar-refractivity contribution in [2.45, 2.75) is 6.54 Å². The molecule has 0 aliphatic rings. The molecule has 2 rings (SSSR count). The molecule has 2 aromatic rings. The summed E-state index contributed by atoms with van der Waals surface area (Å²) < 4.78 is 26.3. The molecule has 0 bridgehead atoms. The smallest absolute Gasteiger partial charge is 0.272 e. The van der Waals surface area contributed by atoms with Crippen molar-refractivity contribution in [3.05, 3.63) is 75.3 Å². The average molecular weight is 292 g/mol. The fraction of sp³-hybridized carbons (Fsp3) is 0.0714. The van der Waals surface area contributed by atoms with E-state index in [9.17, 15) is 23.7 Å². The van der Waals surface area contributed by atoms with Gasteiger partial charge in [-0.2, -0.15) is 0 Å². The van der Waals surface area contributed by atoms with Gasteiger partial charge in [0.1, 0.15) is 11.6 Å². The van der Waals surface area contributed by atoms with Gasteiger partial charge in [0.25, 0.3) is 11.6 Å². The number of halogens is 2. The Morgan fingerprint density at radius 2 is 1.81 bits per heavy atom. The van der Waals surface area contributed by atoms with Gasteiger partial charge in [-0.1, -0.05) is 12.1 Å². The van der Waals surface area contributed by atoms with Crippen molar-refractivity contribution < 1.29 is 18.5 Å². The van der Waals surface area contributed by atoms with Crippen molar-refractivity contribution in [3.8, 4) is 0 Å². The van der Waals surface area contributed by atoms with Crippen LogP contribution in [0.2, 0.25) is 0 Å². The number of hydrogen-bond donors (Lipinski definition) is 1. The summed E-state index contributed by atoms with van der Waals surface area (Å²) in [6.07, 6.45) is 0. The lowest BCUT2D eigenvalue weighted by molar-refractivity contribution is -0.385. The van der Waals surface area contributed by atoms with Crippen LogP contribution < -0.4 is 5.32 Å². The van der Waals surface area contributed by atoms with E-state index in [0.717, 1.165) is 12.1 Å². The lowest BCUT2D eigenvalue weighted by Gasteiger charge is -2.06. The summed E-state index contributed by atoms with van der Waals surface area (Å²) in [5.74, 6) is -2.07. The van der Waals surface area contributed by atoms with Gasteiger partial charge >= 0.3 is 0 Å². The molecular weight excluding hydrogens is 282 g/mol. The van der Waals surface area contributed by atoms with Gasteiger partial charge < -0.3 is 5.32 Å². The zero-order chi connectivity index (χ0) is 15.4. The summed E-state index contributed by atoms with van der Waals surface area (Å²) >= 11 is 0. The zero-order valence-electron chi connectivity index (χ0n) is 10.7. The van der Waals surface area contributed by atoms with E-state index in [0.29, 0.717) is 11.6 Å². The van der Waals surface area contributed by atoms with Crippen molar-refractivity contribution in [2.24, 2.45) is 0 Å². The molecule has 0 spiro atoms. The highest BCUT2D eigenvalue weighted by Crippen LogP contribution is 2.16. The first-order valence-electron chi connectivity index (χ1n) is 5.94. The molecule has 2 aromatic carbocycles. The maximum Gasteiger partial charge on any atom is 0.272 e. The molecule has 0 aromatic heterocycles. The van der Waals surface area contributed by atoms with E-state index in [-0.39, 0.29) is 12.1 Å². The molecule has 0 saturated carbocycles. The summed E-state index contributed by atoms with van der Waals surface area (Å²) in [5.41, 5.74) is -0.0719. The van der Waals surface area contributed by atoms with Crippen LogP contribution in [0.25, 0.3) is 0 Å². The standard InChI is InChI=1S/C14H10F2N2O3/c15-10-3-1-9(2-4-10)8-17-14(19)12-6-5-11(18(20)21)7-13(12)16/h1-7H,8H2,(H,17,19). The second-order valence-corrected chi connectivity index (χ2v) is 4.23. The molecule has 0 saturated heterocycles. The van der Waals surface area contributed by atoms with Gasteiger partial charge in [-0.15, -0.1) is 0 Å². The third-order valence-electron chi connectivity index (χ3n) is 2.77. The minimum Gasteiger partial charge on any atom is -0.348 e. The summed E-state index contributed by atoms with van der Waals surface area (Å²) in [5, 5.41) is 12.9. The summed E-state index contributed by atoms with van der Waals surface area (Å²) in [7, 11) is 0. The molecule has 108 valence electrons. The number of nitrogens with zero attached hydrogens (tertiary/aromatic N) is 1. The molecule has 0 heterocycles. The Morgan fingerprint density at radius 3 is 2.38 bits per heavy atom. The molecule has 0 aliphatic carbocycles. The van der Waals surface area contributed by atoms with Gasteiger partial charge in [-0.3, -0.25) is 14.9 Å². The van der Waals surface area contributed by atoms with Crippen LogP contribution in [0.15, 0.2) is 42.5 Å². The molecule has 1 amide bonds. The van der Waals surface area contributed by atoms with Crippen LogP contribution in [0.3, 0.4) is 0 Å². The van der Waals surface area contributed by atoms with Crippen LogP contribution >= 0.6 is 0 Å². The number of nitro benzene ring substituents is 1. The van der Waals surface area contributed by atoms with E-state index in [1.807, 2.05) is 0 Å². The largest absolute Gasteiger partial charge is 0.348 e. The van der Waals surface area contributed by atoms with Crippen LogP contribution in [-0.4, -0.2) is 10.8 Å². The van der Waals surface area contributed by atoms with Gasteiger partial charge in [0.15, 0.2) is 0 Å². The van der Waals surface area contributed by atoms with Crippen LogP contribution in [0.4, 0.5) is 14.5 Å². The molecule has 21 heavy (non-hydrogen) atoms. The highest BCUT2D eigenvalue weighted by atomic mass is 19.1. The summed E-state index contributed by atoms with van der Waals surface area (Å²) in [6, 6.07) is 8.25. The molecule has 0 aliphatic heterocycles. The van der Waals surface area contributed by atoms with Crippen LogP contribution in [0.1, 0.15) is 15.9 Å². The van der Waals surface area contributed by atoms with E-state index in [1.165, 1.54) is 24.3 Å². The molecular formula is C14H10F2N2O3. The van der Waals surface area contributed by atoms with Gasteiger partial charge in [-0.05, 0) is 23.8 Å². The van der Waals surface area contributed by atoms with Crippen molar-refractivity contribution in [2.75, 3.05) is 0 Å². The third kappa shape index (κ3) is 3.59. The Bertz CT molecular complexity index is 687. The number of amides is 1. The maximum atomic E-state index is 13.6. The first-order chi connectivity index (χ1) is 9.97. The second-order valence-electron chi connectivity index (χ2n) is 4.23. The monoisotopic (exact) mass is 292 g/mol. The topological polar surface area (TPSA) is 72.2 Å². The van der Waals surface area contributed by atoms with Gasteiger partial charge in [0.2, 0.25) is 0 Å². The second kappa shape index (κ2) is 6.08. The third-order valence-corrected chi connectivity index (χ3v) is 2.77. The SMILES string of the molecule is O=C(NCc1ccc(F)cc1)c1ccc([N+](=O)[O-])cc1F. The van der Waals surface area contributed by atoms with Crippen molar-refractivity contribution >= 4 is 11.6 Å². The number of nitro groups is 1. The Labute approximate surface area is 118 Å². The molecule has 5 nitrogen and oxygen atoms in total. The predicted molar refractivity (Wildman–Crippen MR) is 70.6 cm³/mol. The van der Waals surface area contributed by atoms with Gasteiger partial charge in [-0.25, -0.2) is 8.78 Å². The summed E-state index contributed by atoms with van der Waals surface area (Å²) in [4.78, 5) is 21.5. The molecule has 1 N–H and O–H groups in total. The van der Waals surface area contributed by atoms with E-state index < -0.39 is 28.2 Å². The fourth-order valence-electron chi connectivity index (χ4n) is 1.68. The fourth-order valence-corrected chi connectivity index (χ4v) is 1.68. The van der Waals surface area contributed by atoms with E-state index in [4.69, 9.17) is 0 Å².